The highest BCUT2D eigenvalue weighted by atomic mass is 16.5. The van der Waals surface area contributed by atoms with E-state index in [1.54, 1.807) is 12.0 Å². The zero-order chi connectivity index (χ0) is 13.9. The van der Waals surface area contributed by atoms with E-state index in [1.165, 1.54) is 5.56 Å². The maximum Gasteiger partial charge on any atom is 0.256 e. The van der Waals surface area contributed by atoms with Crippen LogP contribution in [0.2, 0.25) is 0 Å². The minimum Gasteiger partial charge on any atom is -0.357 e. The molecule has 3 nitrogen and oxygen atoms in total. The van der Waals surface area contributed by atoms with Gasteiger partial charge in [0.15, 0.2) is 6.23 Å². The number of rotatable bonds is 4. The van der Waals surface area contributed by atoms with Gasteiger partial charge in [0.25, 0.3) is 5.91 Å². The largest absolute Gasteiger partial charge is 0.357 e. The van der Waals surface area contributed by atoms with Crippen LogP contribution in [0.15, 0.2) is 54.6 Å². The van der Waals surface area contributed by atoms with Crippen molar-refractivity contribution in [2.75, 3.05) is 13.7 Å². The lowest BCUT2D eigenvalue weighted by Gasteiger charge is -2.24. The molecular weight excluding hydrogens is 250 g/mol. The molecule has 1 aliphatic rings. The number of benzene rings is 2. The average molecular weight is 267 g/mol. The molecule has 0 aromatic heterocycles. The molecule has 2 aromatic rings. The minimum absolute atomic E-state index is 0.0587. The molecule has 20 heavy (non-hydrogen) atoms. The van der Waals surface area contributed by atoms with E-state index in [1.807, 2.05) is 42.5 Å². The summed E-state index contributed by atoms with van der Waals surface area (Å²) in [6.07, 6.45) is 0.572. The summed E-state index contributed by atoms with van der Waals surface area (Å²) >= 11 is 0. The van der Waals surface area contributed by atoms with Gasteiger partial charge in [-0.2, -0.15) is 0 Å². The first-order valence-corrected chi connectivity index (χ1v) is 6.78. The Morgan fingerprint density at radius 1 is 1.05 bits per heavy atom. The number of hydrogen-bond acceptors (Lipinski definition) is 2. The zero-order valence-corrected chi connectivity index (χ0v) is 11.5. The number of hydrogen-bond donors (Lipinski definition) is 0. The summed E-state index contributed by atoms with van der Waals surface area (Å²) in [5.74, 6) is 0.0587. The van der Waals surface area contributed by atoms with E-state index in [9.17, 15) is 4.79 Å². The van der Waals surface area contributed by atoms with E-state index in [-0.39, 0.29) is 12.1 Å². The van der Waals surface area contributed by atoms with Gasteiger partial charge < -0.3 is 9.64 Å². The van der Waals surface area contributed by atoms with Crippen LogP contribution in [0.25, 0.3) is 0 Å². The Kier molecular flexibility index (Phi) is 3.52. The molecule has 1 atom stereocenters. The van der Waals surface area contributed by atoms with Crippen LogP contribution in [-0.4, -0.2) is 24.5 Å². The highest BCUT2D eigenvalue weighted by molar-refractivity contribution is 5.98. The SMILES string of the molecule is CO[C@H]1c2ccccc2C(=O)N1CCc1ccccc1. The summed E-state index contributed by atoms with van der Waals surface area (Å²) in [7, 11) is 1.65. The monoisotopic (exact) mass is 267 g/mol. The highest BCUT2D eigenvalue weighted by Crippen LogP contribution is 2.33. The Bertz CT molecular complexity index is 609. The third kappa shape index (κ3) is 2.21. The first-order chi connectivity index (χ1) is 9.81. The van der Waals surface area contributed by atoms with E-state index >= 15 is 0 Å². The predicted octanol–water partition coefficient (Wildman–Crippen LogP) is 3.03. The fourth-order valence-electron chi connectivity index (χ4n) is 2.70. The van der Waals surface area contributed by atoms with Crippen LogP contribution in [0.4, 0.5) is 0 Å². The number of carbonyl (C=O) groups is 1. The molecule has 1 aliphatic heterocycles. The molecule has 0 fully saturated rings. The van der Waals surface area contributed by atoms with Crippen molar-refractivity contribution in [3.8, 4) is 0 Å². The summed E-state index contributed by atoms with van der Waals surface area (Å²) in [5, 5.41) is 0. The topological polar surface area (TPSA) is 29.5 Å². The minimum atomic E-state index is -0.262. The van der Waals surface area contributed by atoms with Gasteiger partial charge in [-0.15, -0.1) is 0 Å². The van der Waals surface area contributed by atoms with E-state index in [0.29, 0.717) is 6.54 Å². The first kappa shape index (κ1) is 12.9. The van der Waals surface area contributed by atoms with Gasteiger partial charge in [0.1, 0.15) is 0 Å². The van der Waals surface area contributed by atoms with E-state index in [2.05, 4.69) is 12.1 Å². The Balaban J connectivity index is 1.79. The smallest absolute Gasteiger partial charge is 0.256 e. The van der Waals surface area contributed by atoms with Crippen LogP contribution in [0.5, 0.6) is 0 Å². The van der Waals surface area contributed by atoms with E-state index < -0.39 is 0 Å². The van der Waals surface area contributed by atoms with Crippen molar-refractivity contribution in [2.45, 2.75) is 12.6 Å². The van der Waals surface area contributed by atoms with Gasteiger partial charge in [-0.3, -0.25) is 4.79 Å². The van der Waals surface area contributed by atoms with E-state index in [4.69, 9.17) is 4.74 Å². The lowest BCUT2D eigenvalue weighted by molar-refractivity contribution is -0.0119. The Labute approximate surface area is 118 Å². The molecular formula is C17H17NO2. The van der Waals surface area contributed by atoms with Gasteiger partial charge in [-0.05, 0) is 18.1 Å². The van der Waals surface area contributed by atoms with Gasteiger partial charge in [-0.1, -0.05) is 48.5 Å². The molecule has 3 heteroatoms. The maximum absolute atomic E-state index is 12.4. The number of carbonyl (C=O) groups excluding carboxylic acids is 1. The van der Waals surface area contributed by atoms with Crippen LogP contribution in [-0.2, 0) is 11.2 Å². The van der Waals surface area contributed by atoms with Gasteiger partial charge in [0.05, 0.1) is 0 Å². The van der Waals surface area contributed by atoms with Crippen molar-refractivity contribution in [1.29, 1.82) is 0 Å². The third-order valence-electron chi connectivity index (χ3n) is 3.71. The zero-order valence-electron chi connectivity index (χ0n) is 11.5. The molecule has 0 N–H and O–H groups in total. The second-order valence-electron chi connectivity index (χ2n) is 4.91. The molecule has 0 unspecified atom stereocenters. The molecule has 0 aliphatic carbocycles. The summed E-state index contributed by atoms with van der Waals surface area (Å²) in [6, 6.07) is 17.9. The van der Waals surface area contributed by atoms with Crippen LogP contribution in [0, 0.1) is 0 Å². The molecule has 3 rings (SSSR count). The first-order valence-electron chi connectivity index (χ1n) is 6.78. The van der Waals surface area contributed by atoms with Crippen molar-refractivity contribution >= 4 is 5.91 Å². The lowest BCUT2D eigenvalue weighted by Crippen LogP contribution is -2.31. The van der Waals surface area contributed by atoms with Crippen molar-refractivity contribution in [1.82, 2.24) is 4.90 Å². The number of methoxy groups -OCH3 is 1. The van der Waals surface area contributed by atoms with Crippen LogP contribution < -0.4 is 0 Å². The van der Waals surface area contributed by atoms with Crippen LogP contribution in [0.3, 0.4) is 0 Å². The molecule has 0 saturated heterocycles. The molecule has 1 amide bonds. The summed E-state index contributed by atoms with van der Waals surface area (Å²) < 4.78 is 5.51. The summed E-state index contributed by atoms with van der Waals surface area (Å²) in [5.41, 5.74) is 2.95. The average Bonchev–Trinajstić information content (AvgIpc) is 2.78. The van der Waals surface area contributed by atoms with Gasteiger partial charge in [0, 0.05) is 24.8 Å². The molecule has 2 aromatic carbocycles. The fourth-order valence-corrected chi connectivity index (χ4v) is 2.70. The fraction of sp³-hybridized carbons (Fsp3) is 0.235. The number of amides is 1. The molecule has 0 saturated carbocycles. The Hall–Kier alpha value is -2.13. The molecule has 0 spiro atoms. The third-order valence-corrected chi connectivity index (χ3v) is 3.71. The quantitative estimate of drug-likeness (QED) is 0.852. The number of ether oxygens (including phenoxy) is 1. The highest BCUT2D eigenvalue weighted by Gasteiger charge is 2.35. The van der Waals surface area contributed by atoms with Gasteiger partial charge in [0.2, 0.25) is 0 Å². The van der Waals surface area contributed by atoms with Gasteiger partial charge >= 0.3 is 0 Å². The predicted molar refractivity (Wildman–Crippen MR) is 77.4 cm³/mol. The summed E-state index contributed by atoms with van der Waals surface area (Å²) in [6.45, 7) is 0.663. The normalized spacial score (nSPS) is 17.4. The van der Waals surface area contributed by atoms with Crippen molar-refractivity contribution in [3.05, 3.63) is 71.3 Å². The van der Waals surface area contributed by atoms with Crippen LogP contribution >= 0.6 is 0 Å². The Morgan fingerprint density at radius 3 is 2.50 bits per heavy atom. The maximum atomic E-state index is 12.4. The standard InChI is InChI=1S/C17H17NO2/c1-20-17-15-10-6-5-9-14(15)16(19)18(17)12-11-13-7-3-2-4-8-13/h2-10,17H,11-12H2,1H3/t17-/m0/s1. The number of nitrogens with zero attached hydrogens (tertiary/aromatic N) is 1. The molecule has 0 bridgehead atoms. The van der Waals surface area contributed by atoms with Crippen LogP contribution in [0.1, 0.15) is 27.7 Å². The second-order valence-corrected chi connectivity index (χ2v) is 4.91. The molecule has 1 heterocycles. The van der Waals surface area contributed by atoms with Crippen molar-refractivity contribution in [2.24, 2.45) is 0 Å². The molecule has 102 valence electrons. The van der Waals surface area contributed by atoms with E-state index in [0.717, 1.165) is 17.5 Å². The summed E-state index contributed by atoms with van der Waals surface area (Å²) in [4.78, 5) is 14.2. The van der Waals surface area contributed by atoms with Gasteiger partial charge in [-0.25, -0.2) is 0 Å². The Morgan fingerprint density at radius 2 is 1.75 bits per heavy atom. The van der Waals surface area contributed by atoms with Crippen molar-refractivity contribution in [3.63, 3.8) is 0 Å². The second kappa shape index (κ2) is 5.47. The lowest BCUT2D eigenvalue weighted by atomic mass is 10.1. The molecule has 0 radical (unpaired) electrons. The number of fused-ring (bicyclic) bond motifs is 1. The van der Waals surface area contributed by atoms with Crippen molar-refractivity contribution < 1.29 is 9.53 Å².